The van der Waals surface area contributed by atoms with Gasteiger partial charge in [-0.1, -0.05) is 220 Å². The first-order valence-electron chi connectivity index (χ1n) is 19.9. The fourth-order valence-corrected chi connectivity index (χ4v) is 8.26. The Balaban J connectivity index is 4.65. The lowest BCUT2D eigenvalue weighted by Crippen LogP contribution is -2.12. The summed E-state index contributed by atoms with van der Waals surface area (Å²) in [6, 6.07) is 0. The van der Waals surface area contributed by atoms with E-state index < -0.39 is 0 Å². The van der Waals surface area contributed by atoms with Gasteiger partial charge in [-0.3, -0.25) is 0 Å². The van der Waals surface area contributed by atoms with Crippen LogP contribution in [0, 0.1) is 0 Å². The molecular formula is C40H82S. The minimum Gasteiger partial charge on any atom is -0.155 e. The third-order valence-electron chi connectivity index (χ3n) is 9.40. The van der Waals surface area contributed by atoms with Gasteiger partial charge in [-0.2, -0.15) is 11.8 Å². The van der Waals surface area contributed by atoms with Gasteiger partial charge >= 0.3 is 0 Å². The van der Waals surface area contributed by atoms with Crippen molar-refractivity contribution in [3.05, 3.63) is 0 Å². The maximum absolute atomic E-state index is 2.48. The molecule has 0 heterocycles. The molecule has 0 rings (SSSR count). The summed E-state index contributed by atoms with van der Waals surface area (Å²) in [5.41, 5.74) is 0. The molecule has 0 aromatic heterocycles. The molecule has 0 saturated carbocycles. The summed E-state index contributed by atoms with van der Waals surface area (Å²) in [6.45, 7) is 9.34. The third-order valence-corrected chi connectivity index (χ3v) is 11.1. The van der Waals surface area contributed by atoms with Crippen LogP contribution < -0.4 is 0 Å². The Morgan fingerprint density at radius 2 is 0.415 bits per heavy atom. The molecule has 0 amide bonds. The first-order chi connectivity index (χ1) is 20.3. The van der Waals surface area contributed by atoms with Crippen LogP contribution in [0.15, 0.2) is 0 Å². The van der Waals surface area contributed by atoms with Crippen molar-refractivity contribution >= 4 is 11.8 Å². The van der Waals surface area contributed by atoms with Gasteiger partial charge in [0.15, 0.2) is 0 Å². The van der Waals surface area contributed by atoms with Crippen LogP contribution in [-0.4, -0.2) is 10.5 Å². The van der Waals surface area contributed by atoms with Crippen molar-refractivity contribution in [3.63, 3.8) is 0 Å². The van der Waals surface area contributed by atoms with Gasteiger partial charge in [0.25, 0.3) is 0 Å². The van der Waals surface area contributed by atoms with Gasteiger partial charge in [-0.05, 0) is 25.7 Å². The molecule has 0 spiro atoms. The lowest BCUT2D eigenvalue weighted by Gasteiger charge is -2.24. The molecule has 0 aliphatic heterocycles. The number of rotatable bonds is 36. The molecule has 1 heteroatoms. The summed E-state index contributed by atoms with van der Waals surface area (Å²) in [7, 11) is 0. The normalized spacial score (nSPS) is 13.2. The molecule has 41 heavy (non-hydrogen) atoms. The summed E-state index contributed by atoms with van der Waals surface area (Å²) in [6.07, 6.45) is 49.8. The molecular weight excluding hydrogens is 513 g/mol. The Labute approximate surface area is 267 Å². The molecule has 2 unspecified atom stereocenters. The molecule has 0 bridgehead atoms. The van der Waals surface area contributed by atoms with Crippen LogP contribution in [0.5, 0.6) is 0 Å². The van der Waals surface area contributed by atoms with Gasteiger partial charge in [-0.15, -0.1) is 0 Å². The smallest absolute Gasteiger partial charge is 0.00498 e. The van der Waals surface area contributed by atoms with Gasteiger partial charge in [0.2, 0.25) is 0 Å². The highest BCUT2D eigenvalue weighted by Gasteiger charge is 2.17. The molecule has 0 saturated heterocycles. The Bertz CT molecular complexity index is 406. The lowest BCUT2D eigenvalue weighted by molar-refractivity contribution is 0.521. The van der Waals surface area contributed by atoms with Gasteiger partial charge in [0, 0.05) is 10.5 Å². The maximum atomic E-state index is 2.48. The van der Waals surface area contributed by atoms with Crippen LogP contribution in [0.1, 0.15) is 246 Å². The summed E-state index contributed by atoms with van der Waals surface area (Å²) >= 11 is 2.48. The van der Waals surface area contributed by atoms with E-state index in [1.807, 2.05) is 0 Å². The first-order valence-corrected chi connectivity index (χ1v) is 20.9. The van der Waals surface area contributed by atoms with Crippen molar-refractivity contribution in [2.24, 2.45) is 0 Å². The van der Waals surface area contributed by atoms with E-state index in [2.05, 4.69) is 39.5 Å². The van der Waals surface area contributed by atoms with Gasteiger partial charge in [0.1, 0.15) is 0 Å². The average molecular weight is 595 g/mol. The Kier molecular flexibility index (Phi) is 36.9. The Hall–Kier alpha value is 0.350. The zero-order chi connectivity index (χ0) is 29.9. The molecule has 0 nitrogen and oxygen atoms in total. The van der Waals surface area contributed by atoms with Crippen LogP contribution in [0.2, 0.25) is 0 Å². The van der Waals surface area contributed by atoms with E-state index in [0.29, 0.717) is 0 Å². The molecule has 0 fully saturated rings. The zero-order valence-electron chi connectivity index (χ0n) is 29.6. The highest BCUT2D eigenvalue weighted by molar-refractivity contribution is 8.00. The number of hydrogen-bond donors (Lipinski definition) is 0. The second-order valence-corrected chi connectivity index (χ2v) is 15.3. The zero-order valence-corrected chi connectivity index (χ0v) is 30.4. The third kappa shape index (κ3) is 33.1. The van der Waals surface area contributed by atoms with Crippen LogP contribution in [0.25, 0.3) is 0 Å². The molecule has 248 valence electrons. The molecule has 0 aromatic carbocycles. The van der Waals surface area contributed by atoms with Crippen molar-refractivity contribution in [1.82, 2.24) is 0 Å². The van der Waals surface area contributed by atoms with E-state index in [1.54, 1.807) is 0 Å². The Morgan fingerprint density at radius 1 is 0.244 bits per heavy atom. The monoisotopic (exact) mass is 595 g/mol. The predicted molar refractivity (Wildman–Crippen MR) is 195 cm³/mol. The highest BCUT2D eigenvalue weighted by atomic mass is 32.2. The van der Waals surface area contributed by atoms with E-state index in [9.17, 15) is 0 Å². The predicted octanol–water partition coefficient (Wildman–Crippen LogP) is 15.8. The van der Waals surface area contributed by atoms with Crippen molar-refractivity contribution in [2.45, 2.75) is 257 Å². The largest absolute Gasteiger partial charge is 0.155 e. The van der Waals surface area contributed by atoms with Crippen molar-refractivity contribution in [2.75, 3.05) is 0 Å². The molecule has 2 atom stereocenters. The quantitative estimate of drug-likeness (QED) is 0.0650. The number of unbranched alkanes of at least 4 members (excludes halogenated alkanes) is 26. The van der Waals surface area contributed by atoms with Crippen LogP contribution >= 0.6 is 11.8 Å². The standard InChI is InChI=1S/C40H82S/c1-5-9-13-17-21-25-29-33-37-39(35-31-27-23-19-15-11-7-3)41-40(36-32-28-24-20-16-12-8-4)38-34-30-26-22-18-14-10-6-2/h39-40H,5-38H2,1-4H3. The van der Waals surface area contributed by atoms with Crippen LogP contribution in [0.3, 0.4) is 0 Å². The van der Waals surface area contributed by atoms with E-state index in [0.717, 1.165) is 10.5 Å². The molecule has 0 radical (unpaired) electrons. The first kappa shape index (κ1) is 41.4. The molecule has 0 aliphatic carbocycles. The van der Waals surface area contributed by atoms with Crippen molar-refractivity contribution < 1.29 is 0 Å². The highest BCUT2D eigenvalue weighted by Crippen LogP contribution is 2.33. The van der Waals surface area contributed by atoms with E-state index >= 15 is 0 Å². The van der Waals surface area contributed by atoms with Crippen molar-refractivity contribution in [1.29, 1.82) is 0 Å². The number of thioether (sulfide) groups is 1. The minimum absolute atomic E-state index is 0.939. The Morgan fingerprint density at radius 3 is 0.610 bits per heavy atom. The van der Waals surface area contributed by atoms with Gasteiger partial charge < -0.3 is 0 Å². The SMILES string of the molecule is CCCCCCCCCCC(CCCCCCCCC)SC(CCCCCCCCC)CCCCCCCCCC. The summed E-state index contributed by atoms with van der Waals surface area (Å²) in [5, 5.41) is 1.88. The van der Waals surface area contributed by atoms with Gasteiger partial charge in [-0.25, -0.2) is 0 Å². The average Bonchev–Trinajstić information content (AvgIpc) is 2.98. The van der Waals surface area contributed by atoms with Crippen LogP contribution in [-0.2, 0) is 0 Å². The molecule has 0 N–H and O–H groups in total. The second kappa shape index (κ2) is 36.5. The fraction of sp³-hybridized carbons (Fsp3) is 1.00. The summed E-state index contributed by atoms with van der Waals surface area (Å²) in [5.74, 6) is 0. The second-order valence-electron chi connectivity index (χ2n) is 13.7. The summed E-state index contributed by atoms with van der Waals surface area (Å²) in [4.78, 5) is 0. The summed E-state index contributed by atoms with van der Waals surface area (Å²) < 4.78 is 0. The number of hydrogen-bond acceptors (Lipinski definition) is 1. The molecule has 0 aliphatic rings. The topological polar surface area (TPSA) is 0 Å². The minimum atomic E-state index is 0.939. The van der Waals surface area contributed by atoms with Crippen molar-refractivity contribution in [3.8, 4) is 0 Å². The van der Waals surface area contributed by atoms with E-state index in [1.165, 1.54) is 218 Å². The van der Waals surface area contributed by atoms with E-state index in [4.69, 9.17) is 0 Å². The molecule has 0 aromatic rings. The fourth-order valence-electron chi connectivity index (χ4n) is 6.50. The lowest BCUT2D eigenvalue weighted by atomic mass is 10.0. The van der Waals surface area contributed by atoms with Crippen LogP contribution in [0.4, 0.5) is 0 Å². The van der Waals surface area contributed by atoms with E-state index in [-0.39, 0.29) is 0 Å². The van der Waals surface area contributed by atoms with Gasteiger partial charge in [0.05, 0.1) is 0 Å². The maximum Gasteiger partial charge on any atom is 0.00498 e.